The molecule has 0 radical (unpaired) electrons. The first kappa shape index (κ1) is 18.3. The molecule has 0 unspecified atom stereocenters. The number of carbonyl (C=O) groups excluding carboxylic acids is 2. The Morgan fingerprint density at radius 1 is 1.17 bits per heavy atom. The molecule has 1 aromatic rings. The fraction of sp³-hybridized carbons (Fsp3) is 0.556. The van der Waals surface area contributed by atoms with Crippen LogP contribution in [0.4, 0.5) is 10.5 Å². The summed E-state index contributed by atoms with van der Waals surface area (Å²) in [7, 11) is 3.58. The largest absolute Gasteiger partial charge is 0.331 e. The lowest BCUT2D eigenvalue weighted by atomic mass is 9.98. The van der Waals surface area contributed by atoms with E-state index in [2.05, 4.69) is 24.1 Å². The van der Waals surface area contributed by atoms with Crippen molar-refractivity contribution in [3.63, 3.8) is 0 Å². The van der Waals surface area contributed by atoms with Crippen molar-refractivity contribution in [2.24, 2.45) is 0 Å². The van der Waals surface area contributed by atoms with Crippen molar-refractivity contribution in [1.82, 2.24) is 14.7 Å². The first-order chi connectivity index (χ1) is 11.2. The number of benzene rings is 1. The molecule has 1 aliphatic heterocycles. The quantitative estimate of drug-likeness (QED) is 0.923. The van der Waals surface area contributed by atoms with Crippen molar-refractivity contribution in [2.45, 2.75) is 32.9 Å². The van der Waals surface area contributed by atoms with Crippen LogP contribution in [0.15, 0.2) is 24.3 Å². The highest BCUT2D eigenvalue weighted by Crippen LogP contribution is 2.24. The summed E-state index contributed by atoms with van der Waals surface area (Å²) in [6, 6.07) is 8.00. The van der Waals surface area contributed by atoms with Crippen LogP contribution in [-0.2, 0) is 11.3 Å². The number of rotatable bonds is 3. The number of nitrogens with zero attached hydrogens (tertiary/aromatic N) is 3. The molecule has 6 nitrogen and oxygen atoms in total. The lowest BCUT2D eigenvalue weighted by Crippen LogP contribution is -2.61. The summed E-state index contributed by atoms with van der Waals surface area (Å²) in [5, 5.41) is 2.78. The van der Waals surface area contributed by atoms with Crippen LogP contribution in [0.25, 0.3) is 0 Å². The Balaban J connectivity index is 2.00. The molecule has 1 heterocycles. The Labute approximate surface area is 144 Å². The normalized spacial score (nSPS) is 17.5. The number of piperazine rings is 1. The second-order valence-electron chi connectivity index (χ2n) is 7.21. The minimum atomic E-state index is -0.0831. The molecule has 1 fully saturated rings. The average Bonchev–Trinajstić information content (AvgIpc) is 2.49. The highest BCUT2D eigenvalue weighted by molar-refractivity contribution is 5.88. The molecular formula is C18H28N4O2. The van der Waals surface area contributed by atoms with Crippen molar-refractivity contribution in [1.29, 1.82) is 0 Å². The molecule has 24 heavy (non-hydrogen) atoms. The van der Waals surface area contributed by atoms with Gasteiger partial charge in [0.05, 0.1) is 0 Å². The smallest absolute Gasteiger partial charge is 0.319 e. The molecule has 2 rings (SSSR count). The summed E-state index contributed by atoms with van der Waals surface area (Å²) in [6.45, 7) is 8.99. The van der Waals surface area contributed by atoms with Crippen LogP contribution in [0.1, 0.15) is 26.3 Å². The van der Waals surface area contributed by atoms with Gasteiger partial charge in [-0.25, -0.2) is 4.79 Å². The van der Waals surface area contributed by atoms with E-state index in [4.69, 9.17) is 0 Å². The lowest BCUT2D eigenvalue weighted by Gasteiger charge is -2.47. The zero-order valence-electron chi connectivity index (χ0n) is 15.3. The molecule has 6 heteroatoms. The molecule has 1 aromatic carbocycles. The van der Waals surface area contributed by atoms with Gasteiger partial charge in [-0.15, -0.1) is 0 Å². The van der Waals surface area contributed by atoms with Gasteiger partial charge in [0.15, 0.2) is 0 Å². The highest BCUT2D eigenvalue weighted by atomic mass is 16.2. The average molecular weight is 332 g/mol. The second kappa shape index (κ2) is 7.21. The van der Waals surface area contributed by atoms with Gasteiger partial charge in [0.25, 0.3) is 0 Å². The number of hydrogen-bond donors (Lipinski definition) is 1. The number of hydrogen-bond acceptors (Lipinski definition) is 3. The highest BCUT2D eigenvalue weighted by Gasteiger charge is 2.35. The Kier molecular flexibility index (Phi) is 5.49. The summed E-state index contributed by atoms with van der Waals surface area (Å²) >= 11 is 0. The van der Waals surface area contributed by atoms with Gasteiger partial charge in [-0.3, -0.25) is 9.69 Å². The van der Waals surface area contributed by atoms with Crippen LogP contribution in [0.3, 0.4) is 0 Å². The maximum atomic E-state index is 12.2. The van der Waals surface area contributed by atoms with Gasteiger partial charge in [-0.05, 0) is 31.5 Å². The summed E-state index contributed by atoms with van der Waals surface area (Å²) in [5.41, 5.74) is 1.93. The predicted molar refractivity (Wildman–Crippen MR) is 95.9 cm³/mol. The molecule has 1 N–H and O–H groups in total. The molecule has 0 spiro atoms. The fourth-order valence-corrected chi connectivity index (χ4v) is 3.05. The van der Waals surface area contributed by atoms with E-state index in [1.807, 2.05) is 29.2 Å². The van der Waals surface area contributed by atoms with Crippen LogP contribution < -0.4 is 5.32 Å². The third-order valence-corrected chi connectivity index (χ3v) is 4.37. The number of amides is 3. The molecule has 1 aliphatic rings. The van der Waals surface area contributed by atoms with Crippen molar-refractivity contribution < 1.29 is 9.59 Å². The molecular weight excluding hydrogens is 304 g/mol. The monoisotopic (exact) mass is 332 g/mol. The van der Waals surface area contributed by atoms with Crippen LogP contribution in [-0.4, -0.2) is 65.9 Å². The zero-order valence-corrected chi connectivity index (χ0v) is 15.3. The summed E-state index contributed by atoms with van der Waals surface area (Å²) in [6.07, 6.45) is 0. The minimum absolute atomic E-state index is 0.0643. The lowest BCUT2D eigenvalue weighted by molar-refractivity contribution is -0.114. The Bertz CT molecular complexity index is 596. The van der Waals surface area contributed by atoms with E-state index in [1.54, 1.807) is 19.0 Å². The van der Waals surface area contributed by atoms with Crippen LogP contribution in [0, 0.1) is 0 Å². The van der Waals surface area contributed by atoms with E-state index in [9.17, 15) is 9.59 Å². The second-order valence-corrected chi connectivity index (χ2v) is 7.21. The topological polar surface area (TPSA) is 55.9 Å². The maximum Gasteiger partial charge on any atom is 0.319 e. The van der Waals surface area contributed by atoms with Gasteiger partial charge in [0.2, 0.25) is 5.91 Å². The van der Waals surface area contributed by atoms with Crippen molar-refractivity contribution in [3.05, 3.63) is 29.8 Å². The van der Waals surface area contributed by atoms with Gasteiger partial charge in [0, 0.05) is 58.4 Å². The zero-order chi connectivity index (χ0) is 17.9. The molecule has 0 saturated carbocycles. The Hall–Kier alpha value is -2.08. The summed E-state index contributed by atoms with van der Waals surface area (Å²) < 4.78 is 0. The number of nitrogens with one attached hydrogen (secondary N) is 1. The predicted octanol–water partition coefficient (Wildman–Crippen LogP) is 2.22. The van der Waals surface area contributed by atoms with Gasteiger partial charge < -0.3 is 15.1 Å². The van der Waals surface area contributed by atoms with E-state index < -0.39 is 0 Å². The molecule has 0 bridgehead atoms. The van der Waals surface area contributed by atoms with Gasteiger partial charge in [-0.2, -0.15) is 0 Å². The van der Waals surface area contributed by atoms with Crippen molar-refractivity contribution in [2.75, 3.05) is 39.0 Å². The fourth-order valence-electron chi connectivity index (χ4n) is 3.05. The van der Waals surface area contributed by atoms with E-state index >= 15 is 0 Å². The first-order valence-corrected chi connectivity index (χ1v) is 8.27. The minimum Gasteiger partial charge on any atom is -0.331 e. The third kappa shape index (κ3) is 4.47. The van der Waals surface area contributed by atoms with E-state index in [0.717, 1.165) is 25.3 Å². The standard InChI is InChI=1S/C18H28N4O2/c1-14(23)19-16-8-6-15(7-9-16)12-22-11-10-21(13-18(22,2)3)17(24)20(4)5/h6-9H,10-13H2,1-5H3,(H,19,23). The van der Waals surface area contributed by atoms with E-state index in [-0.39, 0.29) is 17.5 Å². The SMILES string of the molecule is CC(=O)Nc1ccc(CN2CCN(C(=O)N(C)C)CC2(C)C)cc1. The third-order valence-electron chi connectivity index (χ3n) is 4.37. The molecule has 0 aliphatic carbocycles. The van der Waals surface area contributed by atoms with Gasteiger partial charge in [-0.1, -0.05) is 12.1 Å². The van der Waals surface area contributed by atoms with Crippen LogP contribution in [0.5, 0.6) is 0 Å². The molecule has 0 aromatic heterocycles. The Morgan fingerprint density at radius 2 is 1.79 bits per heavy atom. The molecule has 3 amide bonds. The van der Waals surface area contributed by atoms with E-state index in [0.29, 0.717) is 6.54 Å². The summed E-state index contributed by atoms with van der Waals surface area (Å²) in [4.78, 5) is 29.2. The summed E-state index contributed by atoms with van der Waals surface area (Å²) in [5.74, 6) is -0.0643. The van der Waals surface area contributed by atoms with Crippen molar-refractivity contribution in [3.8, 4) is 0 Å². The van der Waals surface area contributed by atoms with Gasteiger partial charge >= 0.3 is 6.03 Å². The molecule has 1 saturated heterocycles. The molecule has 0 atom stereocenters. The Morgan fingerprint density at radius 3 is 2.29 bits per heavy atom. The van der Waals surface area contributed by atoms with Crippen LogP contribution in [0.2, 0.25) is 0 Å². The van der Waals surface area contributed by atoms with Crippen LogP contribution >= 0.6 is 0 Å². The first-order valence-electron chi connectivity index (χ1n) is 8.27. The number of anilines is 1. The number of urea groups is 1. The number of carbonyl (C=O) groups is 2. The van der Waals surface area contributed by atoms with Crippen molar-refractivity contribution >= 4 is 17.6 Å². The van der Waals surface area contributed by atoms with Gasteiger partial charge in [0.1, 0.15) is 0 Å². The maximum absolute atomic E-state index is 12.2. The van der Waals surface area contributed by atoms with E-state index in [1.165, 1.54) is 12.5 Å². The molecule has 132 valence electrons.